The molecule has 7 nitrogen and oxygen atoms in total. The van der Waals surface area contributed by atoms with Crippen LogP contribution in [0.4, 0.5) is 0 Å². The lowest BCUT2D eigenvalue weighted by Crippen LogP contribution is -2.46. The molecule has 0 amide bonds. The van der Waals surface area contributed by atoms with Crippen molar-refractivity contribution in [2.24, 2.45) is 5.73 Å². The van der Waals surface area contributed by atoms with Gasteiger partial charge in [-0.3, -0.25) is 9.59 Å². The molecule has 9 heteroatoms. The van der Waals surface area contributed by atoms with Crippen molar-refractivity contribution in [1.82, 2.24) is 14.6 Å². The first-order chi connectivity index (χ1) is 9.70. The first-order valence-electron chi connectivity index (χ1n) is 6.19. The standard InChI is InChI=1S/C12H16N4O3S2/c1-6-4-8(17)16-11(14-6)21-7(15-16)5-20-12(2,3)9(13)10(18)19/h4,9H,5,13H2,1-3H3,(H,18,19)/t9-/m0/s1. The Morgan fingerprint density at radius 2 is 2.29 bits per heavy atom. The zero-order valence-electron chi connectivity index (χ0n) is 11.9. The van der Waals surface area contributed by atoms with Crippen molar-refractivity contribution in [3.8, 4) is 0 Å². The Morgan fingerprint density at radius 3 is 2.90 bits per heavy atom. The van der Waals surface area contributed by atoms with Gasteiger partial charge in [-0.05, 0) is 20.8 Å². The smallest absolute Gasteiger partial charge is 0.321 e. The fourth-order valence-corrected chi connectivity index (χ4v) is 3.64. The second-order valence-electron chi connectivity index (χ2n) is 5.13. The van der Waals surface area contributed by atoms with Gasteiger partial charge in [-0.1, -0.05) is 11.3 Å². The molecule has 0 aliphatic heterocycles. The zero-order chi connectivity index (χ0) is 15.8. The summed E-state index contributed by atoms with van der Waals surface area (Å²) in [5.41, 5.74) is 6.11. The third-order valence-electron chi connectivity index (χ3n) is 3.00. The van der Waals surface area contributed by atoms with Gasteiger partial charge in [0.1, 0.15) is 11.0 Å². The van der Waals surface area contributed by atoms with Crippen LogP contribution in [0.2, 0.25) is 0 Å². The molecule has 2 heterocycles. The first-order valence-corrected chi connectivity index (χ1v) is 7.99. The average molecular weight is 328 g/mol. The normalized spacial score (nSPS) is 13.5. The van der Waals surface area contributed by atoms with E-state index in [9.17, 15) is 9.59 Å². The molecule has 2 aromatic heterocycles. The summed E-state index contributed by atoms with van der Waals surface area (Å²) in [6.07, 6.45) is 0. The number of rotatable bonds is 5. The van der Waals surface area contributed by atoms with Crippen molar-refractivity contribution in [2.45, 2.75) is 37.3 Å². The number of hydrogen-bond acceptors (Lipinski definition) is 7. The van der Waals surface area contributed by atoms with Crippen molar-refractivity contribution >= 4 is 34.0 Å². The fourth-order valence-electron chi connectivity index (χ4n) is 1.65. The van der Waals surface area contributed by atoms with Crippen LogP contribution in [0.1, 0.15) is 24.5 Å². The van der Waals surface area contributed by atoms with Crippen LogP contribution in [0.3, 0.4) is 0 Å². The molecule has 3 N–H and O–H groups in total. The highest BCUT2D eigenvalue weighted by Crippen LogP contribution is 2.31. The van der Waals surface area contributed by atoms with E-state index in [0.717, 1.165) is 0 Å². The second kappa shape index (κ2) is 5.74. The molecule has 2 rings (SSSR count). The van der Waals surface area contributed by atoms with Crippen molar-refractivity contribution in [2.75, 3.05) is 0 Å². The van der Waals surface area contributed by atoms with Crippen molar-refractivity contribution in [3.63, 3.8) is 0 Å². The molecule has 0 aliphatic rings. The number of aromatic nitrogens is 3. The third-order valence-corrected chi connectivity index (χ3v) is 5.50. The zero-order valence-corrected chi connectivity index (χ0v) is 13.5. The summed E-state index contributed by atoms with van der Waals surface area (Å²) in [4.78, 5) is 27.5. The Hall–Kier alpha value is -1.45. The molecule has 114 valence electrons. The predicted molar refractivity (Wildman–Crippen MR) is 82.9 cm³/mol. The Labute approximate surface area is 129 Å². The van der Waals surface area contributed by atoms with Crippen LogP contribution in [0.25, 0.3) is 4.96 Å². The summed E-state index contributed by atoms with van der Waals surface area (Å²) in [5.74, 6) is -0.564. The molecule has 0 unspecified atom stereocenters. The quantitative estimate of drug-likeness (QED) is 0.838. The Morgan fingerprint density at radius 1 is 1.62 bits per heavy atom. The second-order valence-corrected chi connectivity index (χ2v) is 7.80. The number of nitrogens with zero attached hydrogens (tertiary/aromatic N) is 3. The summed E-state index contributed by atoms with van der Waals surface area (Å²) >= 11 is 2.71. The van der Waals surface area contributed by atoms with Gasteiger partial charge in [-0.2, -0.15) is 9.61 Å². The number of aliphatic carboxylic acids is 1. The highest BCUT2D eigenvalue weighted by molar-refractivity contribution is 8.00. The molecule has 0 fully saturated rings. The lowest BCUT2D eigenvalue weighted by Gasteiger charge is -2.27. The summed E-state index contributed by atoms with van der Waals surface area (Å²) in [5, 5.41) is 13.9. The van der Waals surface area contributed by atoms with E-state index in [2.05, 4.69) is 10.1 Å². The molecule has 21 heavy (non-hydrogen) atoms. The molecule has 1 atom stereocenters. The molecule has 0 radical (unpaired) electrons. The van der Waals surface area contributed by atoms with E-state index >= 15 is 0 Å². The molecule has 0 aromatic carbocycles. The number of carbonyl (C=O) groups is 1. The van der Waals surface area contributed by atoms with Crippen LogP contribution in [-0.2, 0) is 10.5 Å². The minimum Gasteiger partial charge on any atom is -0.480 e. The summed E-state index contributed by atoms with van der Waals surface area (Å²) in [6, 6.07) is 0.452. The number of carboxylic acid groups (broad SMARTS) is 1. The number of thioether (sulfide) groups is 1. The van der Waals surface area contributed by atoms with Gasteiger partial charge >= 0.3 is 5.97 Å². The molecular formula is C12H16N4O3S2. The SMILES string of the molecule is Cc1cc(=O)n2nc(CSC(C)(C)[C@@H](N)C(=O)O)sc2n1. The van der Waals surface area contributed by atoms with Gasteiger partial charge in [0.05, 0.1) is 0 Å². The summed E-state index contributed by atoms with van der Waals surface area (Å²) in [7, 11) is 0. The maximum absolute atomic E-state index is 11.8. The van der Waals surface area contributed by atoms with E-state index in [4.69, 9.17) is 10.8 Å². The topological polar surface area (TPSA) is 111 Å². The Balaban J connectivity index is 2.19. The van der Waals surface area contributed by atoms with Gasteiger partial charge in [0.15, 0.2) is 0 Å². The number of fused-ring (bicyclic) bond motifs is 1. The molecule has 0 bridgehead atoms. The Kier molecular flexibility index (Phi) is 4.35. The molecule has 2 aromatic rings. The van der Waals surface area contributed by atoms with E-state index in [0.29, 0.717) is 21.4 Å². The van der Waals surface area contributed by atoms with Gasteiger partial charge in [-0.25, -0.2) is 4.98 Å². The molecule has 0 saturated heterocycles. The maximum atomic E-state index is 11.8. The minimum atomic E-state index is -1.04. The lowest BCUT2D eigenvalue weighted by molar-refractivity contribution is -0.139. The van der Waals surface area contributed by atoms with Gasteiger partial charge < -0.3 is 10.8 Å². The monoisotopic (exact) mass is 328 g/mol. The van der Waals surface area contributed by atoms with Crippen molar-refractivity contribution in [3.05, 3.63) is 27.1 Å². The van der Waals surface area contributed by atoms with E-state index in [1.54, 1.807) is 20.8 Å². The molecule has 0 aliphatic carbocycles. The first kappa shape index (κ1) is 15.9. The van der Waals surface area contributed by atoms with E-state index in [1.165, 1.54) is 33.7 Å². The van der Waals surface area contributed by atoms with Gasteiger partial charge in [-0.15, -0.1) is 11.8 Å². The minimum absolute atomic E-state index is 0.216. The number of nitrogens with two attached hydrogens (primary N) is 1. The fraction of sp³-hybridized carbons (Fsp3) is 0.500. The number of aryl methyl sites for hydroxylation is 1. The van der Waals surface area contributed by atoms with Crippen LogP contribution in [0.15, 0.2) is 10.9 Å². The van der Waals surface area contributed by atoms with Crippen LogP contribution in [-0.4, -0.2) is 36.5 Å². The van der Waals surface area contributed by atoms with Crippen LogP contribution in [0, 0.1) is 6.92 Å². The van der Waals surface area contributed by atoms with Crippen LogP contribution in [0.5, 0.6) is 0 Å². The number of hydrogen-bond donors (Lipinski definition) is 2. The molecule has 0 spiro atoms. The van der Waals surface area contributed by atoms with E-state index < -0.39 is 16.8 Å². The Bertz CT molecular complexity index is 738. The lowest BCUT2D eigenvalue weighted by atomic mass is 10.1. The summed E-state index contributed by atoms with van der Waals surface area (Å²) < 4.78 is 0.621. The highest BCUT2D eigenvalue weighted by atomic mass is 32.2. The van der Waals surface area contributed by atoms with Gasteiger partial charge in [0.2, 0.25) is 4.96 Å². The van der Waals surface area contributed by atoms with E-state index in [1.807, 2.05) is 0 Å². The van der Waals surface area contributed by atoms with Gasteiger partial charge in [0, 0.05) is 22.3 Å². The highest BCUT2D eigenvalue weighted by Gasteiger charge is 2.32. The molecular weight excluding hydrogens is 312 g/mol. The predicted octanol–water partition coefficient (Wildman–Crippen LogP) is 0.883. The largest absolute Gasteiger partial charge is 0.480 e. The van der Waals surface area contributed by atoms with Gasteiger partial charge in [0.25, 0.3) is 5.56 Å². The summed E-state index contributed by atoms with van der Waals surface area (Å²) in [6.45, 7) is 5.31. The maximum Gasteiger partial charge on any atom is 0.321 e. The molecule has 0 saturated carbocycles. The van der Waals surface area contributed by atoms with Crippen molar-refractivity contribution < 1.29 is 9.90 Å². The van der Waals surface area contributed by atoms with Crippen molar-refractivity contribution in [1.29, 1.82) is 0 Å². The average Bonchev–Trinajstić information content (AvgIpc) is 2.78. The van der Waals surface area contributed by atoms with Crippen LogP contribution >= 0.6 is 23.1 Å². The number of carboxylic acids is 1. The third kappa shape index (κ3) is 3.42. The van der Waals surface area contributed by atoms with Crippen LogP contribution < -0.4 is 11.3 Å². The van der Waals surface area contributed by atoms with E-state index in [-0.39, 0.29) is 5.56 Å².